The van der Waals surface area contributed by atoms with Crippen molar-refractivity contribution in [2.24, 2.45) is 0 Å². The minimum Gasteiger partial charge on any atom is -0.283 e. The molecule has 0 saturated heterocycles. The second-order valence-corrected chi connectivity index (χ2v) is 9.96. The molecule has 0 saturated carbocycles. The molecule has 2 N–H and O–H groups in total. The number of rotatable bonds is 4. The third-order valence-electron chi connectivity index (χ3n) is 3.54. The van der Waals surface area contributed by atoms with Gasteiger partial charge in [0.05, 0.1) is 10.6 Å². The van der Waals surface area contributed by atoms with Crippen molar-refractivity contribution in [3.05, 3.63) is 59.1 Å². The van der Waals surface area contributed by atoms with Crippen LogP contribution in [0.4, 0.5) is 5.13 Å². The van der Waals surface area contributed by atoms with Crippen LogP contribution in [-0.2, 0) is 9.53 Å². The van der Waals surface area contributed by atoms with Crippen LogP contribution >= 0.6 is 11.3 Å². The van der Waals surface area contributed by atoms with Crippen molar-refractivity contribution < 1.29 is 8.76 Å². The number of aryl methyl sites for hydroxylation is 1. The maximum absolute atomic E-state index is 13.1. The average molecular weight is 372 g/mol. The van der Waals surface area contributed by atoms with Gasteiger partial charge in [0.2, 0.25) is 5.13 Å². The molecule has 0 aliphatic heterocycles. The molecule has 8 heteroatoms. The van der Waals surface area contributed by atoms with Gasteiger partial charge in [-0.3, -0.25) is 14.3 Å². The molecule has 0 bridgehead atoms. The number of aromatic nitrogens is 2. The Morgan fingerprint density at radius 1 is 1.24 bits per heavy atom. The van der Waals surface area contributed by atoms with Crippen LogP contribution in [0.1, 0.15) is 10.4 Å². The minimum atomic E-state index is -4.35. The molecule has 3 rings (SSSR count). The summed E-state index contributed by atoms with van der Waals surface area (Å²) in [6.07, 6.45) is 2.84. The zero-order valence-electron chi connectivity index (χ0n) is 13.6. The molecule has 128 valence electrons. The fourth-order valence-electron chi connectivity index (χ4n) is 2.24. The Balaban J connectivity index is 2.01. The highest BCUT2D eigenvalue weighted by Gasteiger charge is 2.26. The van der Waals surface area contributed by atoms with Crippen molar-refractivity contribution >= 4 is 26.0 Å². The van der Waals surface area contributed by atoms with E-state index in [0.717, 1.165) is 16.9 Å². The highest BCUT2D eigenvalue weighted by Crippen LogP contribution is 2.35. The van der Waals surface area contributed by atoms with Crippen LogP contribution in [0.3, 0.4) is 0 Å². The molecule has 2 heterocycles. The number of pyridine rings is 1. The predicted octanol–water partition coefficient (Wildman–Crippen LogP) is 3.69. The highest BCUT2D eigenvalue weighted by molar-refractivity contribution is 8.15. The van der Waals surface area contributed by atoms with Crippen LogP contribution in [0.25, 0.3) is 11.4 Å². The fraction of sp³-hybridized carbons (Fsp3) is 0.118. The number of nitrogens with one attached hydrogen (secondary N) is 1. The Kier molecular flexibility index (Phi) is 4.16. The largest absolute Gasteiger partial charge is 0.283 e. The van der Waals surface area contributed by atoms with Gasteiger partial charge in [-0.05, 0) is 31.2 Å². The summed E-state index contributed by atoms with van der Waals surface area (Å²) in [5.41, 5.74) is 1.92. The summed E-state index contributed by atoms with van der Waals surface area (Å²) >= 11 is 1.02. The van der Waals surface area contributed by atoms with Crippen molar-refractivity contribution in [3.8, 4) is 17.5 Å². The zero-order valence-corrected chi connectivity index (χ0v) is 15.3. The third-order valence-corrected chi connectivity index (χ3v) is 6.60. The van der Waals surface area contributed by atoms with Crippen molar-refractivity contribution in [3.63, 3.8) is 0 Å². The lowest BCUT2D eigenvalue weighted by Crippen LogP contribution is -2.39. The quantitative estimate of drug-likeness (QED) is 0.727. The van der Waals surface area contributed by atoms with Crippen LogP contribution in [0.5, 0.6) is 0 Å². The molecule has 0 radical (unpaired) electrons. The molecule has 1 aromatic carbocycles. The summed E-state index contributed by atoms with van der Waals surface area (Å²) in [5, 5.41) is 9.53. The molecule has 0 aliphatic rings. The standard InChI is InChI=1S/C17H16N4O2S2/c1-12-6-8-13(9-7-12)25(2,22,23)21-17-20-16(15(11-18)24-17)14-5-3-4-10-19-14/h3-10H,1-2H3,(H2,20,21,22,23). The Bertz CT molecular complexity index is 1020. The monoisotopic (exact) mass is 372 g/mol. The molecule has 3 aromatic rings. The van der Waals surface area contributed by atoms with Crippen LogP contribution in [-0.4, -0.2) is 25.0 Å². The molecule has 0 aliphatic carbocycles. The maximum Gasteiger partial charge on any atom is 0.202 e. The van der Waals surface area contributed by atoms with Gasteiger partial charge < -0.3 is 0 Å². The minimum absolute atomic E-state index is 0.194. The van der Waals surface area contributed by atoms with E-state index in [-0.39, 0.29) is 10.0 Å². The van der Waals surface area contributed by atoms with E-state index in [2.05, 4.69) is 20.8 Å². The second kappa shape index (κ2) is 6.04. The smallest absolute Gasteiger partial charge is 0.202 e. The van der Waals surface area contributed by atoms with Gasteiger partial charge in [-0.25, -0.2) is 4.98 Å². The molecule has 6 nitrogen and oxygen atoms in total. The normalized spacial score (nSPS) is 12.8. The van der Waals surface area contributed by atoms with Gasteiger partial charge in [0, 0.05) is 12.5 Å². The Morgan fingerprint density at radius 3 is 2.56 bits per heavy atom. The molecule has 25 heavy (non-hydrogen) atoms. The zero-order chi connectivity index (χ0) is 18.1. The van der Waals surface area contributed by atoms with Gasteiger partial charge in [0.15, 0.2) is 0 Å². The van der Waals surface area contributed by atoms with Crippen molar-refractivity contribution in [1.82, 2.24) is 9.97 Å². The molecule has 0 unspecified atom stereocenters. The van der Waals surface area contributed by atoms with Gasteiger partial charge in [-0.15, -0.1) is 9.53 Å². The van der Waals surface area contributed by atoms with Crippen LogP contribution in [0, 0.1) is 18.3 Å². The lowest BCUT2D eigenvalue weighted by Gasteiger charge is -2.39. The summed E-state index contributed by atoms with van der Waals surface area (Å²) in [4.78, 5) is 9.09. The second-order valence-electron chi connectivity index (χ2n) is 5.72. The number of anilines is 1. The van der Waals surface area contributed by atoms with Crippen LogP contribution < -0.4 is 4.72 Å². The van der Waals surface area contributed by atoms with Gasteiger partial charge >= 0.3 is 0 Å². The van der Waals surface area contributed by atoms with E-state index in [1.165, 1.54) is 6.26 Å². The summed E-state index contributed by atoms with van der Waals surface area (Å²) in [5.74, 6) is 0. The average Bonchev–Trinajstić information content (AvgIpc) is 2.97. The number of nitrogens with zero attached hydrogens (tertiary/aromatic N) is 3. The van der Waals surface area contributed by atoms with Gasteiger partial charge in [-0.2, -0.15) is 9.47 Å². The molecule has 0 amide bonds. The van der Waals surface area contributed by atoms with E-state index < -0.39 is 9.53 Å². The highest BCUT2D eigenvalue weighted by atomic mass is 32.3. The van der Waals surface area contributed by atoms with E-state index in [1.807, 2.05) is 6.92 Å². The van der Waals surface area contributed by atoms with Crippen LogP contribution in [0.2, 0.25) is 0 Å². The first-order valence-corrected chi connectivity index (χ1v) is 10.5. The Labute approximate surface area is 149 Å². The third kappa shape index (κ3) is 3.58. The van der Waals surface area contributed by atoms with Crippen molar-refractivity contribution in [2.75, 3.05) is 11.0 Å². The molecule has 0 fully saturated rings. The number of benzene rings is 1. The molecule has 0 spiro atoms. The summed E-state index contributed by atoms with van der Waals surface area (Å²) in [7, 11) is -4.35. The van der Waals surface area contributed by atoms with E-state index in [9.17, 15) is 14.0 Å². The van der Waals surface area contributed by atoms with Crippen molar-refractivity contribution in [1.29, 1.82) is 5.26 Å². The fourth-order valence-corrected chi connectivity index (χ4v) is 4.97. The number of hydrogen-bond acceptors (Lipinski definition) is 5. The number of thiazole rings is 1. The first-order valence-electron chi connectivity index (χ1n) is 7.34. The lowest BCUT2D eigenvalue weighted by molar-refractivity contribution is 0.526. The Morgan fingerprint density at radius 2 is 1.96 bits per heavy atom. The van der Waals surface area contributed by atoms with E-state index >= 15 is 0 Å². The van der Waals surface area contributed by atoms with Crippen molar-refractivity contribution in [2.45, 2.75) is 11.8 Å². The van der Waals surface area contributed by atoms with Crippen LogP contribution in [0.15, 0.2) is 53.6 Å². The maximum atomic E-state index is 13.1. The van der Waals surface area contributed by atoms with E-state index in [4.69, 9.17) is 0 Å². The van der Waals surface area contributed by atoms with Gasteiger partial charge in [-0.1, -0.05) is 35.1 Å². The van der Waals surface area contributed by atoms with Gasteiger partial charge in [0.25, 0.3) is 0 Å². The summed E-state index contributed by atoms with van der Waals surface area (Å²) in [6, 6.07) is 14.1. The topological polar surface area (TPSA) is 98.9 Å². The number of nitriles is 1. The molecular formula is C17H16N4O2S2. The summed E-state index contributed by atoms with van der Waals surface area (Å²) in [6.45, 7) is 1.90. The predicted molar refractivity (Wildman–Crippen MR) is 99.8 cm³/mol. The molecular weight excluding hydrogens is 356 g/mol. The van der Waals surface area contributed by atoms with Gasteiger partial charge in [0.1, 0.15) is 16.6 Å². The first-order chi connectivity index (χ1) is 11.8. The molecule has 0 atom stereocenters. The SMILES string of the molecule is Cc1ccc(S(C)(=O)(O)Nc2nc(-c3ccccn3)c(C#N)s2)cc1. The Hall–Kier alpha value is -2.60. The first kappa shape index (κ1) is 17.2. The van der Waals surface area contributed by atoms with E-state index in [0.29, 0.717) is 16.3 Å². The molecule has 2 aromatic heterocycles. The van der Waals surface area contributed by atoms with E-state index in [1.54, 1.807) is 48.7 Å². The number of hydrogen-bond donors (Lipinski definition) is 2. The summed E-state index contributed by atoms with van der Waals surface area (Å²) < 4.78 is 26.5. The lowest BCUT2D eigenvalue weighted by atomic mass is 10.2.